The molecule has 1 heterocycles. The van der Waals surface area contributed by atoms with E-state index in [1.54, 1.807) is 18.2 Å². The number of rotatable bonds is 3. The molecule has 0 fully saturated rings. The van der Waals surface area contributed by atoms with Gasteiger partial charge in [0.2, 0.25) is 0 Å². The summed E-state index contributed by atoms with van der Waals surface area (Å²) in [4.78, 5) is 14.5. The molecule has 1 atom stereocenters. The number of anilines is 1. The lowest BCUT2D eigenvalue weighted by Crippen LogP contribution is -2.06. The zero-order valence-electron chi connectivity index (χ0n) is 8.41. The van der Waals surface area contributed by atoms with Crippen LogP contribution in [0, 0.1) is 0 Å². The first-order chi connectivity index (χ1) is 8.04. The number of amides is 1. The van der Waals surface area contributed by atoms with Crippen LogP contribution in [0.25, 0.3) is 10.2 Å². The van der Waals surface area contributed by atoms with Crippen molar-refractivity contribution >= 4 is 43.9 Å². The van der Waals surface area contributed by atoms with E-state index in [0.29, 0.717) is 11.1 Å². The van der Waals surface area contributed by atoms with Crippen LogP contribution in [0.4, 0.5) is 9.93 Å². The normalized spacial score (nSPS) is 12.5. The first-order valence-corrected chi connectivity index (χ1v) is 6.61. The Labute approximate surface area is 103 Å². The number of thiazole rings is 1. The third kappa shape index (κ3) is 2.99. The number of hydrogen-bond donors (Lipinski definition) is 3. The van der Waals surface area contributed by atoms with Crippen LogP contribution in [-0.2, 0) is 16.8 Å². The Hall–Kier alpha value is -1.51. The largest absolute Gasteiger partial charge is 0.465 e. The Balaban J connectivity index is 2.33. The Morgan fingerprint density at radius 2 is 2.29 bits per heavy atom. The lowest BCUT2D eigenvalue weighted by molar-refractivity contribution is 0.209. The van der Waals surface area contributed by atoms with Crippen LogP contribution in [0.1, 0.15) is 5.56 Å². The van der Waals surface area contributed by atoms with Gasteiger partial charge in [-0.15, -0.1) is 0 Å². The van der Waals surface area contributed by atoms with Crippen molar-refractivity contribution in [2.24, 2.45) is 0 Å². The van der Waals surface area contributed by atoms with Crippen LogP contribution < -0.4 is 5.32 Å². The summed E-state index contributed by atoms with van der Waals surface area (Å²) in [6.45, 7) is 0. The number of carboxylic acid groups (broad SMARTS) is 1. The monoisotopic (exact) mass is 272 g/mol. The van der Waals surface area contributed by atoms with E-state index < -0.39 is 17.2 Å². The number of benzene rings is 1. The highest BCUT2D eigenvalue weighted by Gasteiger charge is 2.07. The predicted molar refractivity (Wildman–Crippen MR) is 65.7 cm³/mol. The van der Waals surface area contributed by atoms with Crippen molar-refractivity contribution in [3.8, 4) is 0 Å². The third-order valence-electron chi connectivity index (χ3n) is 1.96. The van der Waals surface area contributed by atoms with Crippen molar-refractivity contribution in [3.63, 3.8) is 0 Å². The number of fused-ring (bicyclic) bond motifs is 1. The molecule has 0 spiro atoms. The number of carbonyl (C=O) groups is 1. The van der Waals surface area contributed by atoms with Gasteiger partial charge in [-0.1, -0.05) is 17.4 Å². The molecule has 3 N–H and O–H groups in total. The highest BCUT2D eigenvalue weighted by Crippen LogP contribution is 2.27. The maximum atomic E-state index is 10.7. The minimum absolute atomic E-state index is 0.0511. The van der Waals surface area contributed by atoms with Gasteiger partial charge in [0.1, 0.15) is 0 Å². The summed E-state index contributed by atoms with van der Waals surface area (Å²) in [6.07, 6.45) is -1.17. The number of nitrogens with one attached hydrogen (secondary N) is 1. The van der Waals surface area contributed by atoms with Crippen molar-refractivity contribution in [1.82, 2.24) is 4.98 Å². The molecule has 0 aliphatic heterocycles. The summed E-state index contributed by atoms with van der Waals surface area (Å²) >= 11 is -0.704. The molecule has 0 radical (unpaired) electrons. The summed E-state index contributed by atoms with van der Waals surface area (Å²) in [7, 11) is 0. The molecule has 0 saturated carbocycles. The second-order valence-electron chi connectivity index (χ2n) is 3.22. The zero-order chi connectivity index (χ0) is 12.4. The molecular weight excluding hydrogens is 264 g/mol. The average Bonchev–Trinajstić information content (AvgIpc) is 2.56. The highest BCUT2D eigenvalue weighted by atomic mass is 32.2. The van der Waals surface area contributed by atoms with Gasteiger partial charge in [0.05, 0.1) is 16.0 Å². The molecule has 2 aromatic rings. The first-order valence-electron chi connectivity index (χ1n) is 4.51. The summed E-state index contributed by atoms with van der Waals surface area (Å²) in [6, 6.07) is 5.12. The van der Waals surface area contributed by atoms with Crippen molar-refractivity contribution in [1.29, 1.82) is 0 Å². The maximum Gasteiger partial charge on any atom is 0.410 e. The highest BCUT2D eigenvalue weighted by molar-refractivity contribution is 7.78. The second-order valence-corrected chi connectivity index (χ2v) is 5.18. The number of hydrogen-bond acceptors (Lipinski definition) is 4. The Morgan fingerprint density at radius 1 is 1.53 bits per heavy atom. The van der Waals surface area contributed by atoms with Crippen molar-refractivity contribution < 1.29 is 18.7 Å². The van der Waals surface area contributed by atoms with Crippen molar-refractivity contribution in [2.75, 3.05) is 5.32 Å². The second kappa shape index (κ2) is 4.78. The summed E-state index contributed by atoms with van der Waals surface area (Å²) in [5.41, 5.74) is 1.37. The van der Waals surface area contributed by atoms with Gasteiger partial charge in [-0.2, -0.15) is 0 Å². The van der Waals surface area contributed by atoms with E-state index in [1.165, 1.54) is 11.3 Å². The topological polar surface area (TPSA) is 99.5 Å². The van der Waals surface area contributed by atoms with E-state index in [-0.39, 0.29) is 10.9 Å². The molecule has 0 aliphatic carbocycles. The van der Waals surface area contributed by atoms with E-state index >= 15 is 0 Å². The molecule has 2 rings (SSSR count). The van der Waals surface area contributed by atoms with Gasteiger partial charge in [0.15, 0.2) is 16.2 Å². The van der Waals surface area contributed by atoms with E-state index in [1.807, 2.05) is 0 Å². The molecule has 90 valence electrons. The third-order valence-corrected chi connectivity index (χ3v) is 3.47. The first kappa shape index (κ1) is 12.0. The Bertz CT molecular complexity index is 582. The fourth-order valence-corrected chi connectivity index (χ4v) is 2.73. The fraction of sp³-hybridized carbons (Fsp3) is 0.111. The van der Waals surface area contributed by atoms with Crippen LogP contribution in [-0.4, -0.2) is 24.9 Å². The van der Waals surface area contributed by atoms with Crippen LogP contribution in [0.2, 0.25) is 0 Å². The van der Waals surface area contributed by atoms with Gasteiger partial charge in [-0.25, -0.2) is 14.0 Å². The van der Waals surface area contributed by atoms with E-state index in [4.69, 9.17) is 9.66 Å². The molecule has 6 nitrogen and oxygen atoms in total. The van der Waals surface area contributed by atoms with E-state index in [2.05, 4.69) is 10.3 Å². The molecule has 0 bridgehead atoms. The molecule has 1 aromatic heterocycles. The predicted octanol–water partition coefficient (Wildman–Crippen LogP) is 2.11. The molecular formula is C9H8N2O4S2. The quantitative estimate of drug-likeness (QED) is 0.743. The van der Waals surface area contributed by atoms with Gasteiger partial charge in [-0.3, -0.25) is 5.32 Å². The van der Waals surface area contributed by atoms with Gasteiger partial charge in [0, 0.05) is 0 Å². The van der Waals surface area contributed by atoms with Crippen LogP contribution >= 0.6 is 11.3 Å². The van der Waals surface area contributed by atoms with E-state index in [9.17, 15) is 9.00 Å². The molecule has 8 heteroatoms. The lowest BCUT2D eigenvalue weighted by Gasteiger charge is -1.95. The smallest absolute Gasteiger partial charge is 0.410 e. The standard InChI is InChI=1S/C9H8N2O4S2/c12-9(13)11-8-10-6-2-1-5(4-17(14)15)3-7(6)16-8/h1-3H,4H2,(H,10,11)(H,12,13)(H,14,15). The van der Waals surface area contributed by atoms with Gasteiger partial charge in [0.25, 0.3) is 0 Å². The van der Waals surface area contributed by atoms with Crippen LogP contribution in [0.15, 0.2) is 18.2 Å². The minimum atomic E-state index is -1.89. The number of aromatic nitrogens is 1. The van der Waals surface area contributed by atoms with Crippen LogP contribution in [0.5, 0.6) is 0 Å². The van der Waals surface area contributed by atoms with Gasteiger partial charge in [-0.05, 0) is 17.7 Å². The van der Waals surface area contributed by atoms with Gasteiger partial charge >= 0.3 is 6.09 Å². The van der Waals surface area contributed by atoms with E-state index in [0.717, 1.165) is 4.70 Å². The maximum absolute atomic E-state index is 10.7. The Kier molecular flexibility index (Phi) is 3.36. The SMILES string of the molecule is O=C(O)Nc1nc2ccc(CS(=O)O)cc2s1. The average molecular weight is 272 g/mol. The van der Waals surface area contributed by atoms with Crippen molar-refractivity contribution in [3.05, 3.63) is 23.8 Å². The summed E-state index contributed by atoms with van der Waals surface area (Å²) in [5, 5.41) is 11.0. The Morgan fingerprint density at radius 3 is 2.94 bits per heavy atom. The van der Waals surface area contributed by atoms with Crippen molar-refractivity contribution in [2.45, 2.75) is 5.75 Å². The molecule has 1 aromatic carbocycles. The molecule has 17 heavy (non-hydrogen) atoms. The minimum Gasteiger partial charge on any atom is -0.465 e. The molecule has 1 amide bonds. The molecule has 0 aliphatic rings. The lowest BCUT2D eigenvalue weighted by atomic mass is 10.2. The summed E-state index contributed by atoms with van der Waals surface area (Å²) in [5.74, 6) is 0.0511. The van der Waals surface area contributed by atoms with Crippen LogP contribution in [0.3, 0.4) is 0 Å². The summed E-state index contributed by atoms with van der Waals surface area (Å²) < 4.78 is 20.2. The molecule has 0 saturated heterocycles. The fourth-order valence-electron chi connectivity index (χ4n) is 1.35. The zero-order valence-corrected chi connectivity index (χ0v) is 10.0. The molecule has 1 unspecified atom stereocenters. The van der Waals surface area contributed by atoms with Gasteiger partial charge < -0.3 is 9.66 Å². The number of nitrogens with zero attached hydrogens (tertiary/aromatic N) is 1.